The third kappa shape index (κ3) is 5.82. The van der Waals surface area contributed by atoms with E-state index >= 15 is 0 Å². The van der Waals surface area contributed by atoms with Crippen LogP contribution in [0.2, 0.25) is 0 Å². The van der Waals surface area contributed by atoms with Crippen molar-refractivity contribution in [2.24, 2.45) is 0 Å². The number of aromatic nitrogens is 1. The van der Waals surface area contributed by atoms with Gasteiger partial charge in [0.05, 0.1) is 0 Å². The topological polar surface area (TPSA) is 59.4 Å². The number of nitrogens with zero attached hydrogens (tertiary/aromatic N) is 1. The third-order valence-corrected chi connectivity index (χ3v) is 5.30. The lowest BCUT2D eigenvalue weighted by atomic mass is 10.0. The van der Waals surface area contributed by atoms with Gasteiger partial charge < -0.3 is 9.84 Å². The maximum absolute atomic E-state index is 12.3. The second-order valence-electron chi connectivity index (χ2n) is 7.72. The SMILES string of the molecule is O=C(CCc1cccnc1)Cc1ccc(COc2ccccc2-c2ccc(O)cc2)cc1. The van der Waals surface area contributed by atoms with E-state index in [4.69, 9.17) is 4.74 Å². The summed E-state index contributed by atoms with van der Waals surface area (Å²) in [6.07, 6.45) is 5.22. The normalized spacial score (nSPS) is 10.6. The molecule has 0 saturated carbocycles. The molecule has 0 aliphatic carbocycles. The Hall–Kier alpha value is -3.92. The van der Waals surface area contributed by atoms with E-state index in [0.717, 1.165) is 40.0 Å². The number of carbonyl (C=O) groups excluding carboxylic acids is 1. The molecule has 0 unspecified atom stereocenters. The summed E-state index contributed by atoms with van der Waals surface area (Å²) in [6, 6.07) is 26.8. The number of Topliss-reactive ketones (excluding diaryl/α,β-unsaturated/α-hetero) is 1. The summed E-state index contributed by atoms with van der Waals surface area (Å²) >= 11 is 0. The van der Waals surface area contributed by atoms with Crippen LogP contribution in [-0.2, 0) is 24.2 Å². The number of pyridine rings is 1. The molecule has 0 aliphatic heterocycles. The molecule has 0 fully saturated rings. The second kappa shape index (κ2) is 10.4. The summed E-state index contributed by atoms with van der Waals surface area (Å²) in [7, 11) is 0. The monoisotopic (exact) mass is 423 g/mol. The van der Waals surface area contributed by atoms with Crippen molar-refractivity contribution in [3.05, 3.63) is 114 Å². The van der Waals surface area contributed by atoms with Crippen LogP contribution in [-0.4, -0.2) is 15.9 Å². The summed E-state index contributed by atoms with van der Waals surface area (Å²) in [5.74, 6) is 1.25. The van der Waals surface area contributed by atoms with Crippen molar-refractivity contribution in [1.29, 1.82) is 0 Å². The highest BCUT2D eigenvalue weighted by molar-refractivity contribution is 5.81. The minimum Gasteiger partial charge on any atom is -0.508 e. The number of carbonyl (C=O) groups is 1. The highest BCUT2D eigenvalue weighted by atomic mass is 16.5. The average Bonchev–Trinajstić information content (AvgIpc) is 2.84. The van der Waals surface area contributed by atoms with Crippen molar-refractivity contribution in [1.82, 2.24) is 4.98 Å². The molecule has 0 bridgehead atoms. The number of benzene rings is 3. The fourth-order valence-electron chi connectivity index (χ4n) is 3.53. The first kappa shape index (κ1) is 21.3. The van der Waals surface area contributed by atoms with Gasteiger partial charge in [0.1, 0.15) is 23.9 Å². The van der Waals surface area contributed by atoms with Crippen molar-refractivity contribution in [2.75, 3.05) is 0 Å². The van der Waals surface area contributed by atoms with Crippen LogP contribution in [0.4, 0.5) is 0 Å². The highest BCUT2D eigenvalue weighted by Gasteiger charge is 2.08. The molecule has 0 amide bonds. The predicted molar refractivity (Wildman–Crippen MR) is 126 cm³/mol. The number of aryl methyl sites for hydroxylation is 1. The van der Waals surface area contributed by atoms with Crippen molar-refractivity contribution in [3.63, 3.8) is 0 Å². The molecule has 0 radical (unpaired) electrons. The molecule has 0 saturated heterocycles. The molecule has 4 heteroatoms. The zero-order valence-corrected chi connectivity index (χ0v) is 17.8. The largest absolute Gasteiger partial charge is 0.508 e. The van der Waals surface area contributed by atoms with E-state index in [1.165, 1.54) is 0 Å². The molecule has 1 aromatic heterocycles. The van der Waals surface area contributed by atoms with Crippen molar-refractivity contribution < 1.29 is 14.6 Å². The third-order valence-electron chi connectivity index (χ3n) is 5.30. The maximum Gasteiger partial charge on any atom is 0.137 e. The van der Waals surface area contributed by atoms with Crippen LogP contribution >= 0.6 is 0 Å². The average molecular weight is 424 g/mol. The first-order chi connectivity index (χ1) is 15.7. The van der Waals surface area contributed by atoms with Gasteiger partial charge in [-0.25, -0.2) is 0 Å². The smallest absolute Gasteiger partial charge is 0.137 e. The predicted octanol–water partition coefficient (Wildman–Crippen LogP) is 5.78. The van der Waals surface area contributed by atoms with Crippen molar-refractivity contribution in [2.45, 2.75) is 25.9 Å². The Morgan fingerprint density at radius 3 is 2.31 bits per heavy atom. The van der Waals surface area contributed by atoms with Crippen LogP contribution in [0, 0.1) is 0 Å². The molecule has 1 heterocycles. The number of para-hydroxylation sites is 1. The van der Waals surface area contributed by atoms with Gasteiger partial charge in [-0.1, -0.05) is 60.7 Å². The lowest BCUT2D eigenvalue weighted by molar-refractivity contribution is -0.118. The summed E-state index contributed by atoms with van der Waals surface area (Å²) < 4.78 is 6.08. The Kier molecular flexibility index (Phi) is 6.93. The fraction of sp³-hybridized carbons (Fsp3) is 0.143. The molecule has 0 spiro atoms. The van der Waals surface area contributed by atoms with E-state index in [0.29, 0.717) is 19.4 Å². The molecule has 3 aromatic carbocycles. The Labute approximate surface area is 188 Å². The molecule has 4 nitrogen and oxygen atoms in total. The van der Waals surface area contributed by atoms with E-state index in [1.54, 1.807) is 18.3 Å². The van der Waals surface area contributed by atoms with Gasteiger partial charge in [-0.3, -0.25) is 9.78 Å². The Bertz CT molecular complexity index is 1150. The van der Waals surface area contributed by atoms with Gasteiger partial charge in [0.25, 0.3) is 0 Å². The number of phenolic OH excluding ortho intramolecular Hbond substituents is 1. The molecule has 4 rings (SSSR count). The number of ether oxygens (including phenoxy) is 1. The molecular weight excluding hydrogens is 398 g/mol. The van der Waals surface area contributed by atoms with Crippen molar-refractivity contribution >= 4 is 5.78 Å². The summed E-state index contributed by atoms with van der Waals surface area (Å²) in [4.78, 5) is 16.4. The summed E-state index contributed by atoms with van der Waals surface area (Å²) in [5.41, 5.74) is 5.09. The molecule has 160 valence electrons. The van der Waals surface area contributed by atoms with E-state index in [9.17, 15) is 9.90 Å². The van der Waals surface area contributed by atoms with E-state index in [1.807, 2.05) is 79.0 Å². The van der Waals surface area contributed by atoms with Crippen LogP contribution in [0.25, 0.3) is 11.1 Å². The standard InChI is InChI=1S/C28H25NO3/c30-25-15-12-24(13-16-25)27-5-1-2-6-28(27)32-20-23-9-7-21(8-10-23)18-26(31)14-11-22-4-3-17-29-19-22/h1-10,12-13,15-17,19,30H,11,14,18,20H2. The van der Waals surface area contributed by atoms with Gasteiger partial charge in [0, 0.05) is 30.8 Å². The minimum absolute atomic E-state index is 0.223. The van der Waals surface area contributed by atoms with Crippen LogP contribution in [0.3, 0.4) is 0 Å². The van der Waals surface area contributed by atoms with Crippen LogP contribution < -0.4 is 4.74 Å². The van der Waals surface area contributed by atoms with Gasteiger partial charge in [0.2, 0.25) is 0 Å². The Morgan fingerprint density at radius 1 is 0.812 bits per heavy atom. The molecule has 4 aromatic rings. The van der Waals surface area contributed by atoms with E-state index in [2.05, 4.69) is 4.98 Å². The van der Waals surface area contributed by atoms with Crippen LogP contribution in [0.1, 0.15) is 23.1 Å². The zero-order chi connectivity index (χ0) is 22.2. The van der Waals surface area contributed by atoms with Gasteiger partial charge in [0.15, 0.2) is 0 Å². The number of ketones is 1. The van der Waals surface area contributed by atoms with Gasteiger partial charge in [-0.05, 0) is 52.9 Å². The number of rotatable bonds is 9. The van der Waals surface area contributed by atoms with Gasteiger partial charge in [-0.15, -0.1) is 0 Å². The van der Waals surface area contributed by atoms with Crippen LogP contribution in [0.5, 0.6) is 11.5 Å². The lowest BCUT2D eigenvalue weighted by Crippen LogP contribution is -2.05. The maximum atomic E-state index is 12.3. The number of hydrogen-bond acceptors (Lipinski definition) is 4. The first-order valence-corrected chi connectivity index (χ1v) is 10.7. The summed E-state index contributed by atoms with van der Waals surface area (Å²) in [5, 5.41) is 9.53. The lowest BCUT2D eigenvalue weighted by Gasteiger charge is -2.12. The van der Waals surface area contributed by atoms with E-state index < -0.39 is 0 Å². The first-order valence-electron chi connectivity index (χ1n) is 10.7. The highest BCUT2D eigenvalue weighted by Crippen LogP contribution is 2.31. The molecule has 32 heavy (non-hydrogen) atoms. The molecular formula is C28H25NO3. The Morgan fingerprint density at radius 2 is 1.56 bits per heavy atom. The second-order valence-corrected chi connectivity index (χ2v) is 7.72. The zero-order valence-electron chi connectivity index (χ0n) is 17.8. The quantitative estimate of drug-likeness (QED) is 0.371. The number of hydrogen-bond donors (Lipinski definition) is 1. The molecule has 1 N–H and O–H groups in total. The molecule has 0 aliphatic rings. The summed E-state index contributed by atoms with van der Waals surface area (Å²) in [6.45, 7) is 0.435. The number of aromatic hydroxyl groups is 1. The Balaban J connectivity index is 1.33. The van der Waals surface area contributed by atoms with E-state index in [-0.39, 0.29) is 11.5 Å². The van der Waals surface area contributed by atoms with Crippen molar-refractivity contribution in [3.8, 4) is 22.6 Å². The number of phenols is 1. The van der Waals surface area contributed by atoms with Crippen LogP contribution in [0.15, 0.2) is 97.3 Å². The molecule has 0 atom stereocenters. The fourth-order valence-corrected chi connectivity index (χ4v) is 3.53. The van der Waals surface area contributed by atoms with Gasteiger partial charge >= 0.3 is 0 Å². The van der Waals surface area contributed by atoms with Gasteiger partial charge in [-0.2, -0.15) is 0 Å². The minimum atomic E-state index is 0.223.